The molecule has 118 valence electrons. The highest BCUT2D eigenvalue weighted by Crippen LogP contribution is 2.23. The first-order chi connectivity index (χ1) is 11.7. The third-order valence-electron chi connectivity index (χ3n) is 3.30. The van der Waals surface area contributed by atoms with Crippen LogP contribution in [-0.2, 0) is 0 Å². The topological polar surface area (TPSA) is 65.7 Å². The van der Waals surface area contributed by atoms with E-state index in [1.54, 1.807) is 35.3 Å². The molecule has 0 fully saturated rings. The summed E-state index contributed by atoms with van der Waals surface area (Å²) in [4.78, 5) is 12.0. The molecule has 0 unspecified atom stereocenters. The maximum absolute atomic E-state index is 13.3. The fraction of sp³-hybridized carbons (Fsp3) is 0. The Balaban J connectivity index is 1.60. The molecule has 0 bridgehead atoms. The summed E-state index contributed by atoms with van der Waals surface area (Å²) in [5.41, 5.74) is 1.29. The van der Waals surface area contributed by atoms with E-state index in [-0.39, 0.29) is 16.9 Å². The fourth-order valence-corrected chi connectivity index (χ4v) is 2.17. The van der Waals surface area contributed by atoms with Crippen LogP contribution in [0.4, 0.5) is 8.78 Å². The second-order valence-corrected chi connectivity index (χ2v) is 4.90. The van der Waals surface area contributed by atoms with Gasteiger partial charge in [-0.15, -0.1) is 0 Å². The number of ether oxygens (including phenoxy) is 1. The molecule has 0 atom stereocenters. The van der Waals surface area contributed by atoms with Crippen molar-refractivity contribution in [3.63, 3.8) is 0 Å². The van der Waals surface area contributed by atoms with Gasteiger partial charge in [0.25, 0.3) is 0 Å². The number of hydrogen-bond acceptors (Lipinski definition) is 5. The monoisotopic (exact) mass is 325 g/mol. The van der Waals surface area contributed by atoms with Crippen molar-refractivity contribution < 1.29 is 13.5 Å². The lowest BCUT2D eigenvalue weighted by atomic mass is 10.3. The molecule has 4 aromatic rings. The molecule has 0 saturated carbocycles. The van der Waals surface area contributed by atoms with Gasteiger partial charge in [0, 0.05) is 12.1 Å². The standard InChI is InChI=1S/C16H9F2N5O/c17-12-5-14-15(6-13(12)18)22-16(7-20-14)24-11-3-1-10(2-4-11)23-9-19-8-21-23/h1-9H. The summed E-state index contributed by atoms with van der Waals surface area (Å²) in [6.07, 6.45) is 4.38. The van der Waals surface area contributed by atoms with Crippen molar-refractivity contribution in [2.24, 2.45) is 0 Å². The third kappa shape index (κ3) is 2.65. The van der Waals surface area contributed by atoms with Gasteiger partial charge in [-0.1, -0.05) is 0 Å². The van der Waals surface area contributed by atoms with Gasteiger partial charge < -0.3 is 4.74 Å². The molecule has 0 saturated heterocycles. The SMILES string of the molecule is Fc1cc2ncc(Oc3ccc(-n4cncn4)cc3)nc2cc1F. The Kier molecular flexibility index (Phi) is 3.34. The normalized spacial score (nSPS) is 10.9. The molecule has 2 heterocycles. The van der Waals surface area contributed by atoms with Crippen LogP contribution < -0.4 is 4.74 Å². The number of nitrogens with zero attached hydrogens (tertiary/aromatic N) is 5. The van der Waals surface area contributed by atoms with Gasteiger partial charge in [0.2, 0.25) is 5.88 Å². The predicted molar refractivity (Wildman–Crippen MR) is 80.9 cm³/mol. The molecular weight excluding hydrogens is 316 g/mol. The highest BCUT2D eigenvalue weighted by molar-refractivity contribution is 5.74. The molecule has 0 amide bonds. The van der Waals surface area contributed by atoms with Crippen LogP contribution in [0.15, 0.2) is 55.2 Å². The zero-order valence-corrected chi connectivity index (χ0v) is 12.1. The van der Waals surface area contributed by atoms with Crippen LogP contribution in [0.2, 0.25) is 0 Å². The van der Waals surface area contributed by atoms with E-state index in [9.17, 15) is 8.78 Å². The van der Waals surface area contributed by atoms with Crippen molar-refractivity contribution in [1.82, 2.24) is 24.7 Å². The van der Waals surface area contributed by atoms with Crippen molar-refractivity contribution in [3.8, 4) is 17.3 Å². The first-order valence-electron chi connectivity index (χ1n) is 6.94. The molecule has 0 aliphatic rings. The lowest BCUT2D eigenvalue weighted by Gasteiger charge is -2.07. The molecule has 0 radical (unpaired) electrons. The summed E-state index contributed by atoms with van der Waals surface area (Å²) in [5.74, 6) is -1.24. The largest absolute Gasteiger partial charge is 0.437 e. The number of benzene rings is 2. The summed E-state index contributed by atoms with van der Waals surface area (Å²) in [6.45, 7) is 0. The highest BCUT2D eigenvalue weighted by Gasteiger charge is 2.08. The summed E-state index contributed by atoms with van der Waals surface area (Å²) in [5, 5.41) is 4.03. The van der Waals surface area contributed by atoms with Gasteiger partial charge in [-0.05, 0) is 24.3 Å². The minimum absolute atomic E-state index is 0.182. The Labute approximate surface area is 134 Å². The summed E-state index contributed by atoms with van der Waals surface area (Å²) >= 11 is 0. The van der Waals surface area contributed by atoms with E-state index < -0.39 is 11.6 Å². The van der Waals surface area contributed by atoms with E-state index in [0.717, 1.165) is 17.8 Å². The Morgan fingerprint density at radius 1 is 0.958 bits per heavy atom. The Hall–Kier alpha value is -3.42. The van der Waals surface area contributed by atoms with Crippen LogP contribution in [0, 0.1) is 11.6 Å². The van der Waals surface area contributed by atoms with Crippen LogP contribution in [0.5, 0.6) is 11.6 Å². The molecule has 0 aliphatic heterocycles. The zero-order valence-electron chi connectivity index (χ0n) is 12.1. The lowest BCUT2D eigenvalue weighted by Crippen LogP contribution is -1.95. The van der Waals surface area contributed by atoms with Crippen LogP contribution in [0.25, 0.3) is 16.7 Å². The van der Waals surface area contributed by atoms with Gasteiger partial charge in [-0.25, -0.2) is 28.4 Å². The van der Waals surface area contributed by atoms with Gasteiger partial charge in [0.05, 0.1) is 22.9 Å². The molecule has 24 heavy (non-hydrogen) atoms. The molecule has 2 aromatic heterocycles. The quantitative estimate of drug-likeness (QED) is 0.578. The van der Waals surface area contributed by atoms with Crippen LogP contribution >= 0.6 is 0 Å². The molecule has 0 spiro atoms. The summed E-state index contributed by atoms with van der Waals surface area (Å²) in [7, 11) is 0. The maximum atomic E-state index is 13.3. The van der Waals surface area contributed by atoms with Gasteiger partial charge >= 0.3 is 0 Å². The molecule has 8 heteroatoms. The van der Waals surface area contributed by atoms with Gasteiger partial charge in [0.1, 0.15) is 18.4 Å². The number of rotatable bonds is 3. The minimum atomic E-state index is -0.980. The van der Waals surface area contributed by atoms with E-state index in [1.165, 1.54) is 12.5 Å². The molecule has 4 rings (SSSR count). The summed E-state index contributed by atoms with van der Waals surface area (Å²) in [6, 6.07) is 9.04. The van der Waals surface area contributed by atoms with E-state index in [1.807, 2.05) is 0 Å². The van der Waals surface area contributed by atoms with Crippen LogP contribution in [-0.4, -0.2) is 24.7 Å². The van der Waals surface area contributed by atoms with Gasteiger partial charge in [-0.2, -0.15) is 5.10 Å². The van der Waals surface area contributed by atoms with Crippen molar-refractivity contribution >= 4 is 11.0 Å². The molecule has 0 N–H and O–H groups in total. The van der Waals surface area contributed by atoms with E-state index in [4.69, 9.17) is 4.74 Å². The maximum Gasteiger partial charge on any atom is 0.238 e. The van der Waals surface area contributed by atoms with E-state index >= 15 is 0 Å². The van der Waals surface area contributed by atoms with Crippen LogP contribution in [0.1, 0.15) is 0 Å². The minimum Gasteiger partial charge on any atom is -0.437 e. The number of aromatic nitrogens is 5. The van der Waals surface area contributed by atoms with E-state index in [0.29, 0.717) is 5.75 Å². The third-order valence-corrected chi connectivity index (χ3v) is 3.30. The molecule has 6 nitrogen and oxygen atoms in total. The number of halogens is 2. The lowest BCUT2D eigenvalue weighted by molar-refractivity contribution is 0.462. The smallest absolute Gasteiger partial charge is 0.238 e. The molecule has 2 aromatic carbocycles. The fourth-order valence-electron chi connectivity index (χ4n) is 2.17. The van der Waals surface area contributed by atoms with Crippen LogP contribution in [0.3, 0.4) is 0 Å². The first kappa shape index (κ1) is 14.2. The average molecular weight is 325 g/mol. The van der Waals surface area contributed by atoms with Gasteiger partial charge in [0.15, 0.2) is 11.6 Å². The Morgan fingerprint density at radius 3 is 2.42 bits per heavy atom. The van der Waals surface area contributed by atoms with Gasteiger partial charge in [-0.3, -0.25) is 0 Å². The number of hydrogen-bond donors (Lipinski definition) is 0. The Morgan fingerprint density at radius 2 is 1.71 bits per heavy atom. The van der Waals surface area contributed by atoms with Crippen molar-refractivity contribution in [3.05, 3.63) is 66.9 Å². The zero-order chi connectivity index (χ0) is 16.5. The van der Waals surface area contributed by atoms with Crippen molar-refractivity contribution in [2.45, 2.75) is 0 Å². The average Bonchev–Trinajstić information content (AvgIpc) is 3.11. The van der Waals surface area contributed by atoms with E-state index in [2.05, 4.69) is 20.1 Å². The molecule has 0 aliphatic carbocycles. The van der Waals surface area contributed by atoms with Crippen molar-refractivity contribution in [2.75, 3.05) is 0 Å². The van der Waals surface area contributed by atoms with Crippen molar-refractivity contribution in [1.29, 1.82) is 0 Å². The predicted octanol–water partition coefficient (Wildman–Crippen LogP) is 3.28. The highest BCUT2D eigenvalue weighted by atomic mass is 19.2. The molecular formula is C16H9F2N5O. The second-order valence-electron chi connectivity index (χ2n) is 4.90. The Bertz CT molecular complexity index is 1000. The summed E-state index contributed by atoms with van der Waals surface area (Å²) < 4.78 is 33.7. The second kappa shape index (κ2) is 5.65. The number of fused-ring (bicyclic) bond motifs is 1. The first-order valence-corrected chi connectivity index (χ1v) is 6.94.